The van der Waals surface area contributed by atoms with Crippen LogP contribution in [0.3, 0.4) is 0 Å². The van der Waals surface area contributed by atoms with E-state index < -0.39 is 28.7 Å². The highest BCUT2D eigenvalue weighted by atomic mass is 35.5. The molecule has 162 valence electrons. The van der Waals surface area contributed by atoms with E-state index in [2.05, 4.69) is 5.10 Å². The summed E-state index contributed by atoms with van der Waals surface area (Å²) in [6, 6.07) is 11.5. The molecule has 0 amide bonds. The highest BCUT2D eigenvalue weighted by molar-refractivity contribution is 6.31. The molecule has 3 aromatic rings. The minimum atomic E-state index is -4.72. The third-order valence-electron chi connectivity index (χ3n) is 4.29. The third kappa shape index (κ3) is 4.41. The number of hydrogen-bond acceptors (Lipinski definition) is 5. The van der Waals surface area contributed by atoms with Crippen molar-refractivity contribution in [2.24, 2.45) is 0 Å². The molecule has 2 aromatic carbocycles. The Morgan fingerprint density at radius 2 is 1.77 bits per heavy atom. The van der Waals surface area contributed by atoms with Crippen molar-refractivity contribution in [2.75, 3.05) is 13.7 Å². The molecule has 31 heavy (non-hydrogen) atoms. The maximum absolute atomic E-state index is 13.4. The number of esters is 2. The quantitative estimate of drug-likeness (QED) is 0.499. The second-order valence-electron chi connectivity index (χ2n) is 6.22. The maximum Gasteiger partial charge on any atom is 0.417 e. The van der Waals surface area contributed by atoms with Crippen molar-refractivity contribution in [1.82, 2.24) is 9.78 Å². The summed E-state index contributed by atoms with van der Waals surface area (Å²) in [6.45, 7) is 1.59. The molecule has 0 bridgehead atoms. The number of alkyl halides is 3. The maximum atomic E-state index is 13.4. The number of halogens is 4. The van der Waals surface area contributed by atoms with Gasteiger partial charge in [-0.1, -0.05) is 41.9 Å². The molecule has 6 nitrogen and oxygen atoms in total. The van der Waals surface area contributed by atoms with Gasteiger partial charge >= 0.3 is 18.1 Å². The van der Waals surface area contributed by atoms with E-state index in [-0.39, 0.29) is 29.2 Å². The van der Waals surface area contributed by atoms with Crippen molar-refractivity contribution >= 4 is 23.5 Å². The zero-order chi connectivity index (χ0) is 22.8. The molecule has 3 rings (SSSR count). The normalized spacial score (nSPS) is 11.3. The molecular formula is C21H16ClF3N2O4. The number of carbonyl (C=O) groups is 2. The van der Waals surface area contributed by atoms with Gasteiger partial charge in [-0.25, -0.2) is 14.3 Å². The summed E-state index contributed by atoms with van der Waals surface area (Å²) in [7, 11) is 1.10. The number of hydrogen-bond donors (Lipinski definition) is 0. The van der Waals surface area contributed by atoms with Crippen molar-refractivity contribution in [3.63, 3.8) is 0 Å². The van der Waals surface area contributed by atoms with Crippen molar-refractivity contribution < 1.29 is 32.2 Å². The molecule has 0 radical (unpaired) electrons. The van der Waals surface area contributed by atoms with E-state index in [0.29, 0.717) is 5.56 Å². The van der Waals surface area contributed by atoms with Gasteiger partial charge < -0.3 is 9.47 Å². The van der Waals surface area contributed by atoms with Gasteiger partial charge in [0.2, 0.25) is 0 Å². The Morgan fingerprint density at radius 3 is 2.35 bits per heavy atom. The Labute approximate surface area is 180 Å². The molecule has 0 aliphatic rings. The molecule has 0 spiro atoms. The molecule has 0 saturated carbocycles. The Bertz CT molecular complexity index is 1130. The summed E-state index contributed by atoms with van der Waals surface area (Å²) < 4.78 is 51.1. The van der Waals surface area contributed by atoms with Gasteiger partial charge in [-0.2, -0.15) is 18.3 Å². The Morgan fingerprint density at radius 1 is 1.10 bits per heavy atom. The molecular weight excluding hydrogens is 437 g/mol. The Balaban J connectivity index is 2.38. The number of carbonyl (C=O) groups excluding carboxylic acids is 2. The minimum Gasteiger partial charge on any atom is -0.464 e. The second-order valence-corrected chi connectivity index (χ2v) is 6.63. The molecule has 0 unspecified atom stereocenters. The standard InChI is InChI=1S/C21H16ClF3N2O4/c1-3-31-19(28)16-17(20(29)30-2)26-27(18(16)12-7-5-4-6-8-12)13-9-10-15(22)14(11-13)21(23,24)25/h4-11H,3H2,1-2H3. The van der Waals surface area contributed by atoms with Crippen molar-refractivity contribution in [1.29, 1.82) is 0 Å². The first-order valence-electron chi connectivity index (χ1n) is 9.00. The van der Waals surface area contributed by atoms with E-state index >= 15 is 0 Å². The molecule has 1 aromatic heterocycles. The minimum absolute atomic E-state index is 0.0119. The summed E-state index contributed by atoms with van der Waals surface area (Å²) in [5.74, 6) is -1.80. The molecule has 0 N–H and O–H groups in total. The number of nitrogens with zero attached hydrogens (tertiary/aromatic N) is 2. The highest BCUT2D eigenvalue weighted by Crippen LogP contribution is 2.37. The predicted octanol–water partition coefficient (Wildman–Crippen LogP) is 5.17. The zero-order valence-electron chi connectivity index (χ0n) is 16.4. The van der Waals surface area contributed by atoms with E-state index in [0.717, 1.165) is 23.9 Å². The van der Waals surface area contributed by atoms with Crippen LogP contribution in [0.15, 0.2) is 48.5 Å². The van der Waals surface area contributed by atoms with Crippen LogP contribution < -0.4 is 0 Å². The first-order chi connectivity index (χ1) is 14.7. The third-order valence-corrected chi connectivity index (χ3v) is 4.62. The summed E-state index contributed by atoms with van der Waals surface area (Å²) >= 11 is 5.73. The smallest absolute Gasteiger partial charge is 0.417 e. The first-order valence-corrected chi connectivity index (χ1v) is 9.37. The van der Waals surface area contributed by atoms with Gasteiger partial charge in [-0.3, -0.25) is 0 Å². The monoisotopic (exact) mass is 452 g/mol. The van der Waals surface area contributed by atoms with Crippen LogP contribution in [-0.2, 0) is 15.7 Å². The number of methoxy groups -OCH3 is 1. The summed E-state index contributed by atoms with van der Waals surface area (Å²) in [4.78, 5) is 25.1. The van der Waals surface area contributed by atoms with Gasteiger partial charge in [0.05, 0.1) is 35.7 Å². The van der Waals surface area contributed by atoms with Crippen LogP contribution in [0.4, 0.5) is 13.2 Å². The van der Waals surface area contributed by atoms with E-state index in [1.54, 1.807) is 37.3 Å². The summed E-state index contributed by atoms with van der Waals surface area (Å²) in [6.07, 6.45) is -4.72. The lowest BCUT2D eigenvalue weighted by Gasteiger charge is -2.13. The van der Waals surface area contributed by atoms with Crippen LogP contribution >= 0.6 is 11.6 Å². The highest BCUT2D eigenvalue weighted by Gasteiger charge is 2.35. The number of ether oxygens (including phenoxy) is 2. The molecule has 10 heteroatoms. The van der Waals surface area contributed by atoms with Gasteiger partial charge in [-0.05, 0) is 25.1 Å². The van der Waals surface area contributed by atoms with Gasteiger partial charge in [-0.15, -0.1) is 0 Å². The molecule has 0 aliphatic heterocycles. The molecule has 0 aliphatic carbocycles. The molecule has 0 fully saturated rings. The van der Waals surface area contributed by atoms with E-state index in [4.69, 9.17) is 21.1 Å². The van der Waals surface area contributed by atoms with E-state index in [9.17, 15) is 22.8 Å². The molecule has 1 heterocycles. The number of aromatic nitrogens is 2. The number of rotatable bonds is 5. The lowest BCUT2D eigenvalue weighted by molar-refractivity contribution is -0.137. The van der Waals surface area contributed by atoms with Crippen molar-refractivity contribution in [3.05, 3.63) is 70.4 Å². The summed E-state index contributed by atoms with van der Waals surface area (Å²) in [5, 5.41) is 3.62. The number of benzene rings is 2. The van der Waals surface area contributed by atoms with Gasteiger partial charge in [0.25, 0.3) is 0 Å². The fourth-order valence-corrected chi connectivity index (χ4v) is 3.19. The fraction of sp³-hybridized carbons (Fsp3) is 0.190. The van der Waals surface area contributed by atoms with Crippen LogP contribution in [0, 0.1) is 0 Å². The summed E-state index contributed by atoms with van der Waals surface area (Å²) in [5.41, 5.74) is -1.24. The zero-order valence-corrected chi connectivity index (χ0v) is 17.1. The van der Waals surface area contributed by atoms with Gasteiger partial charge in [0.1, 0.15) is 5.56 Å². The Kier molecular flexibility index (Phi) is 6.35. The largest absolute Gasteiger partial charge is 0.464 e. The Hall–Kier alpha value is -3.33. The van der Waals surface area contributed by atoms with Crippen molar-refractivity contribution in [3.8, 4) is 16.9 Å². The van der Waals surface area contributed by atoms with Crippen LogP contribution in [0.5, 0.6) is 0 Å². The van der Waals surface area contributed by atoms with Crippen LogP contribution in [0.1, 0.15) is 33.3 Å². The topological polar surface area (TPSA) is 70.4 Å². The second kappa shape index (κ2) is 8.81. The SMILES string of the molecule is CCOC(=O)c1c(C(=O)OC)nn(-c2ccc(Cl)c(C(F)(F)F)c2)c1-c1ccccc1. The van der Waals surface area contributed by atoms with Gasteiger partial charge in [0.15, 0.2) is 5.69 Å². The van der Waals surface area contributed by atoms with Crippen LogP contribution in [0.25, 0.3) is 16.9 Å². The average Bonchev–Trinajstić information content (AvgIpc) is 3.14. The lowest BCUT2D eigenvalue weighted by atomic mass is 10.0. The fourth-order valence-electron chi connectivity index (χ4n) is 2.97. The van der Waals surface area contributed by atoms with Crippen molar-refractivity contribution in [2.45, 2.75) is 13.1 Å². The molecule has 0 saturated heterocycles. The van der Waals surface area contributed by atoms with E-state index in [1.165, 1.54) is 6.07 Å². The van der Waals surface area contributed by atoms with Gasteiger partial charge in [0, 0.05) is 5.56 Å². The predicted molar refractivity (Wildman–Crippen MR) is 106 cm³/mol. The lowest BCUT2D eigenvalue weighted by Crippen LogP contribution is -2.12. The first kappa shape index (κ1) is 22.4. The van der Waals surface area contributed by atoms with E-state index in [1.807, 2.05) is 0 Å². The molecule has 0 atom stereocenters. The van der Waals surface area contributed by atoms with Crippen LogP contribution in [-0.4, -0.2) is 35.4 Å². The average molecular weight is 453 g/mol. The van der Waals surface area contributed by atoms with Crippen LogP contribution in [0.2, 0.25) is 5.02 Å².